The Labute approximate surface area is 195 Å². The van der Waals surface area contributed by atoms with Gasteiger partial charge in [0.1, 0.15) is 5.75 Å². The van der Waals surface area contributed by atoms with E-state index in [1.165, 1.54) is 7.05 Å². The summed E-state index contributed by atoms with van der Waals surface area (Å²) in [7, 11) is -2.04. The molecule has 3 aromatic rings. The van der Waals surface area contributed by atoms with Gasteiger partial charge in [-0.15, -0.1) is 0 Å². The van der Waals surface area contributed by atoms with Crippen molar-refractivity contribution in [2.24, 2.45) is 0 Å². The molecular weight excluding hydrogens is 436 g/mol. The van der Waals surface area contributed by atoms with E-state index in [1.807, 2.05) is 61.5 Å². The van der Waals surface area contributed by atoms with Crippen molar-refractivity contribution in [3.05, 3.63) is 83.4 Å². The lowest BCUT2D eigenvalue weighted by atomic mass is 9.88. The molecule has 0 amide bonds. The number of para-hydroxylation sites is 1. The molecule has 1 saturated heterocycles. The van der Waals surface area contributed by atoms with Gasteiger partial charge in [0.05, 0.1) is 4.90 Å². The maximum atomic E-state index is 12.5. The summed E-state index contributed by atoms with van der Waals surface area (Å²) in [6.45, 7) is 4.47. The monoisotopic (exact) mass is 466 g/mol. The number of rotatable bonds is 7. The van der Waals surface area contributed by atoms with Crippen molar-refractivity contribution in [3.63, 3.8) is 0 Å². The minimum atomic E-state index is -3.49. The van der Waals surface area contributed by atoms with Crippen LogP contribution >= 0.6 is 0 Å². The summed E-state index contributed by atoms with van der Waals surface area (Å²) in [6.07, 6.45) is 1.78. The lowest BCUT2D eigenvalue weighted by molar-refractivity contribution is 0.203. The Balaban J connectivity index is 1.44. The standard InChI is InChI=1S/C26H30N2O4S/c1-19-8-11-26(33(30,31)27-2)23(16-19)21-12-14-28(15-13-21)18-20-9-10-24(29)25(17-20)32-22-6-4-3-5-7-22/h3-11,16-17,21,27,29H,12-15,18H2,1-2H3. The van der Waals surface area contributed by atoms with Crippen molar-refractivity contribution in [1.29, 1.82) is 0 Å². The quantitative estimate of drug-likeness (QED) is 0.524. The molecule has 0 aromatic heterocycles. The molecule has 0 atom stereocenters. The van der Waals surface area contributed by atoms with Gasteiger partial charge in [-0.25, -0.2) is 13.1 Å². The summed E-state index contributed by atoms with van der Waals surface area (Å²) in [5.74, 6) is 1.43. The minimum Gasteiger partial charge on any atom is -0.504 e. The zero-order valence-electron chi connectivity index (χ0n) is 19.0. The van der Waals surface area contributed by atoms with Gasteiger partial charge in [-0.05, 0) is 87.3 Å². The van der Waals surface area contributed by atoms with Gasteiger partial charge < -0.3 is 9.84 Å². The van der Waals surface area contributed by atoms with Crippen molar-refractivity contribution in [1.82, 2.24) is 9.62 Å². The van der Waals surface area contributed by atoms with Crippen molar-refractivity contribution >= 4 is 10.0 Å². The summed E-state index contributed by atoms with van der Waals surface area (Å²) >= 11 is 0. The molecule has 4 rings (SSSR count). The number of phenols is 1. The van der Waals surface area contributed by atoms with Gasteiger partial charge in [-0.3, -0.25) is 4.90 Å². The highest BCUT2D eigenvalue weighted by Crippen LogP contribution is 2.35. The number of hydrogen-bond acceptors (Lipinski definition) is 5. The fourth-order valence-corrected chi connectivity index (χ4v) is 5.36. The number of likely N-dealkylation sites (tertiary alicyclic amines) is 1. The van der Waals surface area contributed by atoms with Crippen molar-refractivity contribution in [2.45, 2.75) is 37.1 Å². The Bertz CT molecular complexity index is 1200. The molecule has 6 nitrogen and oxygen atoms in total. The zero-order valence-corrected chi connectivity index (χ0v) is 19.8. The number of aryl methyl sites for hydroxylation is 1. The predicted octanol–water partition coefficient (Wildman–Crippen LogP) is 4.78. The molecule has 0 saturated carbocycles. The highest BCUT2D eigenvalue weighted by molar-refractivity contribution is 7.89. The summed E-state index contributed by atoms with van der Waals surface area (Å²) < 4.78 is 33.3. The smallest absolute Gasteiger partial charge is 0.240 e. The molecule has 1 fully saturated rings. The van der Waals surface area contributed by atoms with Crippen LogP contribution in [-0.4, -0.2) is 38.6 Å². The first-order valence-electron chi connectivity index (χ1n) is 11.2. The van der Waals surface area contributed by atoms with E-state index in [0.29, 0.717) is 16.4 Å². The maximum absolute atomic E-state index is 12.5. The van der Waals surface area contributed by atoms with E-state index in [-0.39, 0.29) is 11.7 Å². The summed E-state index contributed by atoms with van der Waals surface area (Å²) in [5, 5.41) is 10.2. The van der Waals surface area contributed by atoms with Crippen molar-refractivity contribution < 1.29 is 18.3 Å². The number of sulfonamides is 1. The predicted molar refractivity (Wildman–Crippen MR) is 129 cm³/mol. The Morgan fingerprint density at radius 2 is 1.76 bits per heavy atom. The first kappa shape index (κ1) is 23.3. The largest absolute Gasteiger partial charge is 0.504 e. The second-order valence-corrected chi connectivity index (χ2v) is 10.4. The minimum absolute atomic E-state index is 0.110. The van der Waals surface area contributed by atoms with E-state index in [9.17, 15) is 13.5 Å². The third-order valence-electron chi connectivity index (χ3n) is 6.15. The maximum Gasteiger partial charge on any atom is 0.240 e. The molecule has 0 bridgehead atoms. The summed E-state index contributed by atoms with van der Waals surface area (Å²) in [6, 6.07) is 20.4. The fourth-order valence-electron chi connectivity index (χ4n) is 4.36. The Hall–Kier alpha value is -2.87. The van der Waals surface area contributed by atoms with Gasteiger partial charge in [0.15, 0.2) is 11.5 Å². The summed E-state index contributed by atoms with van der Waals surface area (Å²) in [4.78, 5) is 2.74. The molecule has 7 heteroatoms. The average Bonchev–Trinajstić information content (AvgIpc) is 2.82. The van der Waals surface area contributed by atoms with E-state index in [1.54, 1.807) is 12.1 Å². The van der Waals surface area contributed by atoms with Crippen LogP contribution in [-0.2, 0) is 16.6 Å². The number of hydrogen-bond donors (Lipinski definition) is 2. The second kappa shape index (κ2) is 9.95. The second-order valence-electron chi connectivity index (χ2n) is 8.52. The molecule has 1 heterocycles. The fraction of sp³-hybridized carbons (Fsp3) is 0.308. The number of piperidine rings is 1. The van der Waals surface area contributed by atoms with Gasteiger partial charge in [0.25, 0.3) is 0 Å². The molecule has 0 radical (unpaired) electrons. The first-order valence-corrected chi connectivity index (χ1v) is 12.7. The van der Waals surface area contributed by atoms with Crippen LogP contribution in [0.1, 0.15) is 35.4 Å². The number of ether oxygens (including phenoxy) is 1. The lowest BCUT2D eigenvalue weighted by Gasteiger charge is -2.33. The molecule has 0 spiro atoms. The third-order valence-corrected chi connectivity index (χ3v) is 7.64. The number of nitrogens with one attached hydrogen (secondary N) is 1. The van der Waals surface area contributed by atoms with Crippen LogP contribution in [0.4, 0.5) is 0 Å². The highest BCUT2D eigenvalue weighted by Gasteiger charge is 2.26. The Morgan fingerprint density at radius 3 is 2.45 bits per heavy atom. The van der Waals surface area contributed by atoms with Gasteiger partial charge in [0, 0.05) is 6.54 Å². The molecule has 3 aromatic carbocycles. The Morgan fingerprint density at radius 1 is 1.03 bits per heavy atom. The molecule has 33 heavy (non-hydrogen) atoms. The van der Waals surface area contributed by atoms with Crippen molar-refractivity contribution in [2.75, 3.05) is 20.1 Å². The number of aromatic hydroxyl groups is 1. The Kier molecular flexibility index (Phi) is 7.02. The van der Waals surface area contributed by atoms with Crippen LogP contribution in [0.2, 0.25) is 0 Å². The molecule has 174 valence electrons. The molecule has 0 aliphatic carbocycles. The van der Waals surface area contributed by atoms with Crippen LogP contribution in [0.5, 0.6) is 17.2 Å². The van der Waals surface area contributed by atoms with Crippen LogP contribution in [0.3, 0.4) is 0 Å². The van der Waals surface area contributed by atoms with Crippen LogP contribution in [0, 0.1) is 6.92 Å². The summed E-state index contributed by atoms with van der Waals surface area (Å²) in [5.41, 5.74) is 3.04. The van der Waals surface area contributed by atoms with Gasteiger partial charge in [-0.1, -0.05) is 42.0 Å². The SMILES string of the molecule is CNS(=O)(=O)c1ccc(C)cc1C1CCN(Cc2ccc(O)c(Oc3ccccc3)c2)CC1. The molecule has 0 unspecified atom stereocenters. The van der Waals surface area contributed by atoms with E-state index >= 15 is 0 Å². The molecule has 2 N–H and O–H groups in total. The molecular formula is C26H30N2O4S. The first-order chi connectivity index (χ1) is 15.9. The highest BCUT2D eigenvalue weighted by atomic mass is 32.2. The number of nitrogens with zero attached hydrogens (tertiary/aromatic N) is 1. The number of benzene rings is 3. The van der Waals surface area contributed by atoms with Gasteiger partial charge >= 0.3 is 0 Å². The van der Waals surface area contributed by atoms with E-state index < -0.39 is 10.0 Å². The number of phenolic OH excluding ortho intramolecular Hbond substituents is 1. The van der Waals surface area contributed by atoms with Crippen molar-refractivity contribution in [3.8, 4) is 17.2 Å². The normalized spacial score (nSPS) is 15.5. The van der Waals surface area contributed by atoms with Crippen LogP contribution < -0.4 is 9.46 Å². The van der Waals surface area contributed by atoms with Crippen LogP contribution in [0.25, 0.3) is 0 Å². The lowest BCUT2D eigenvalue weighted by Crippen LogP contribution is -2.33. The molecule has 1 aliphatic heterocycles. The van der Waals surface area contributed by atoms with Crippen LogP contribution in [0.15, 0.2) is 71.6 Å². The van der Waals surface area contributed by atoms with E-state index in [0.717, 1.165) is 49.2 Å². The van der Waals surface area contributed by atoms with Gasteiger partial charge in [0.2, 0.25) is 10.0 Å². The van der Waals surface area contributed by atoms with E-state index in [2.05, 4.69) is 9.62 Å². The average molecular weight is 467 g/mol. The third kappa shape index (κ3) is 5.55. The van der Waals surface area contributed by atoms with E-state index in [4.69, 9.17) is 4.74 Å². The zero-order chi connectivity index (χ0) is 23.4. The molecule has 1 aliphatic rings. The van der Waals surface area contributed by atoms with Gasteiger partial charge in [-0.2, -0.15) is 0 Å². The topological polar surface area (TPSA) is 78.9 Å².